The van der Waals surface area contributed by atoms with Crippen molar-refractivity contribution in [3.05, 3.63) is 22.2 Å². The number of hydrogen-bond acceptors (Lipinski definition) is 6. The first kappa shape index (κ1) is 14.8. The van der Waals surface area contributed by atoms with Crippen molar-refractivity contribution in [1.82, 2.24) is 9.55 Å². The molecular formula is C10H12F3N3O4. The Morgan fingerprint density at radius 1 is 1.55 bits per heavy atom. The molecule has 0 spiro atoms. The highest BCUT2D eigenvalue weighted by Crippen LogP contribution is 2.33. The van der Waals surface area contributed by atoms with Crippen LogP contribution in [0, 0.1) is 0 Å². The number of aliphatic hydroxyl groups is 2. The van der Waals surface area contributed by atoms with Gasteiger partial charge in [-0.15, -0.1) is 0 Å². The van der Waals surface area contributed by atoms with E-state index in [-0.39, 0.29) is 6.42 Å². The SMILES string of the molecule is Nc1nc(=O)n([C@H]2C[C@@H](O)[C@@H](CO)O2)cc1C(F)(F)F. The molecule has 0 saturated carbocycles. The van der Waals surface area contributed by atoms with Crippen molar-refractivity contribution >= 4 is 5.82 Å². The second kappa shape index (κ2) is 5.04. The summed E-state index contributed by atoms with van der Waals surface area (Å²) < 4.78 is 43.8. The van der Waals surface area contributed by atoms with E-state index >= 15 is 0 Å². The Hall–Kier alpha value is -1.65. The number of rotatable bonds is 2. The molecule has 1 aromatic heterocycles. The molecule has 3 atom stereocenters. The summed E-state index contributed by atoms with van der Waals surface area (Å²) >= 11 is 0. The molecule has 2 heterocycles. The third-order valence-corrected chi connectivity index (χ3v) is 2.98. The molecule has 1 saturated heterocycles. The Balaban J connectivity index is 2.41. The maximum Gasteiger partial charge on any atom is 0.421 e. The predicted octanol–water partition coefficient (Wildman–Crippen LogP) is -0.515. The molecule has 0 bridgehead atoms. The fraction of sp³-hybridized carbons (Fsp3) is 0.600. The van der Waals surface area contributed by atoms with E-state index in [0.717, 1.165) is 0 Å². The van der Waals surface area contributed by atoms with E-state index in [0.29, 0.717) is 10.8 Å². The van der Waals surface area contributed by atoms with Crippen LogP contribution in [-0.4, -0.2) is 38.6 Å². The molecule has 1 fully saturated rings. The van der Waals surface area contributed by atoms with Crippen LogP contribution in [0.15, 0.2) is 11.0 Å². The van der Waals surface area contributed by atoms with Crippen molar-refractivity contribution < 1.29 is 28.1 Å². The minimum Gasteiger partial charge on any atom is -0.394 e. The molecule has 1 aliphatic heterocycles. The van der Waals surface area contributed by atoms with Gasteiger partial charge in [-0.3, -0.25) is 4.57 Å². The smallest absolute Gasteiger partial charge is 0.394 e. The van der Waals surface area contributed by atoms with Gasteiger partial charge in [-0.25, -0.2) is 4.79 Å². The Labute approximate surface area is 110 Å². The normalized spacial score (nSPS) is 26.9. The van der Waals surface area contributed by atoms with Crippen molar-refractivity contribution in [2.24, 2.45) is 0 Å². The zero-order chi connectivity index (χ0) is 15.1. The number of nitrogens with two attached hydrogens (primary N) is 1. The summed E-state index contributed by atoms with van der Waals surface area (Å²) in [4.78, 5) is 14.7. The fourth-order valence-electron chi connectivity index (χ4n) is 1.96. The third-order valence-electron chi connectivity index (χ3n) is 2.98. The summed E-state index contributed by atoms with van der Waals surface area (Å²) in [5.74, 6) is -0.920. The van der Waals surface area contributed by atoms with Crippen LogP contribution in [0.25, 0.3) is 0 Å². The third kappa shape index (κ3) is 2.62. The van der Waals surface area contributed by atoms with Gasteiger partial charge in [0.15, 0.2) is 0 Å². The maximum atomic E-state index is 12.7. The average molecular weight is 295 g/mol. The number of alkyl halides is 3. The van der Waals surface area contributed by atoms with Gasteiger partial charge >= 0.3 is 11.9 Å². The summed E-state index contributed by atoms with van der Waals surface area (Å²) in [6, 6.07) is 0. The van der Waals surface area contributed by atoms with Crippen molar-refractivity contribution in [2.45, 2.75) is 31.0 Å². The van der Waals surface area contributed by atoms with Crippen LogP contribution in [-0.2, 0) is 10.9 Å². The van der Waals surface area contributed by atoms with E-state index in [9.17, 15) is 23.1 Å². The molecule has 0 unspecified atom stereocenters. The first-order valence-corrected chi connectivity index (χ1v) is 5.64. The zero-order valence-electron chi connectivity index (χ0n) is 10.0. The first-order chi connectivity index (χ1) is 9.24. The van der Waals surface area contributed by atoms with Crippen LogP contribution >= 0.6 is 0 Å². The van der Waals surface area contributed by atoms with Gasteiger partial charge in [-0.05, 0) is 0 Å². The Morgan fingerprint density at radius 3 is 2.70 bits per heavy atom. The number of ether oxygens (including phenoxy) is 1. The minimum absolute atomic E-state index is 0.131. The first-order valence-electron chi connectivity index (χ1n) is 5.64. The summed E-state index contributed by atoms with van der Waals surface area (Å²) in [7, 11) is 0. The molecule has 0 amide bonds. The van der Waals surface area contributed by atoms with Crippen LogP contribution in [0.4, 0.5) is 19.0 Å². The molecule has 10 heteroatoms. The lowest BCUT2D eigenvalue weighted by atomic mass is 10.2. The van der Waals surface area contributed by atoms with Crippen LogP contribution in [0.3, 0.4) is 0 Å². The van der Waals surface area contributed by atoms with E-state index in [4.69, 9.17) is 15.6 Å². The molecule has 1 aromatic rings. The van der Waals surface area contributed by atoms with Crippen molar-refractivity contribution in [3.8, 4) is 0 Å². The molecular weight excluding hydrogens is 283 g/mol. The largest absolute Gasteiger partial charge is 0.421 e. The van der Waals surface area contributed by atoms with Crippen LogP contribution < -0.4 is 11.4 Å². The van der Waals surface area contributed by atoms with Gasteiger partial charge < -0.3 is 20.7 Å². The summed E-state index contributed by atoms with van der Waals surface area (Å²) in [6.07, 6.45) is -7.57. The van der Waals surface area contributed by atoms with Crippen LogP contribution in [0.1, 0.15) is 18.2 Å². The highest BCUT2D eigenvalue weighted by atomic mass is 19.4. The summed E-state index contributed by atoms with van der Waals surface area (Å²) in [6.45, 7) is -0.513. The Bertz CT molecular complexity index is 560. The number of anilines is 1. The van der Waals surface area contributed by atoms with Crippen LogP contribution in [0.5, 0.6) is 0 Å². The Morgan fingerprint density at radius 2 is 2.20 bits per heavy atom. The predicted molar refractivity (Wildman–Crippen MR) is 59.5 cm³/mol. The second-order valence-corrected chi connectivity index (χ2v) is 4.34. The molecule has 0 radical (unpaired) electrons. The number of halogens is 3. The fourth-order valence-corrected chi connectivity index (χ4v) is 1.96. The van der Waals surface area contributed by atoms with E-state index in [2.05, 4.69) is 4.98 Å². The van der Waals surface area contributed by atoms with Gasteiger partial charge in [-0.1, -0.05) is 0 Å². The lowest BCUT2D eigenvalue weighted by molar-refractivity contribution is -0.138. The van der Waals surface area contributed by atoms with Gasteiger partial charge in [0, 0.05) is 12.6 Å². The summed E-state index contributed by atoms with van der Waals surface area (Å²) in [5, 5.41) is 18.4. The Kier molecular flexibility index (Phi) is 3.71. The highest BCUT2D eigenvalue weighted by Gasteiger charge is 2.38. The molecule has 0 aliphatic carbocycles. The van der Waals surface area contributed by atoms with Gasteiger partial charge in [0.05, 0.1) is 12.7 Å². The van der Waals surface area contributed by atoms with Crippen LogP contribution in [0.2, 0.25) is 0 Å². The average Bonchev–Trinajstić information content (AvgIpc) is 2.68. The quantitative estimate of drug-likeness (QED) is 0.677. The minimum atomic E-state index is -4.76. The lowest BCUT2D eigenvalue weighted by Gasteiger charge is -2.17. The number of aliphatic hydroxyl groups excluding tert-OH is 2. The van der Waals surface area contributed by atoms with E-state index in [1.54, 1.807) is 0 Å². The number of aromatic nitrogens is 2. The topological polar surface area (TPSA) is 111 Å². The molecule has 0 aromatic carbocycles. The standard InChI is InChI=1S/C10H12F3N3O4/c11-10(12,13)4-2-16(9(19)15-8(4)14)7-1-5(18)6(3-17)20-7/h2,5-7,17-18H,1,3H2,(H2,14,15,19)/t5-,6-,7-/m1/s1. The number of nitrogen functional groups attached to an aromatic ring is 1. The van der Waals surface area contributed by atoms with Gasteiger partial charge in [0.1, 0.15) is 23.7 Å². The van der Waals surface area contributed by atoms with E-state index < -0.39 is 48.3 Å². The van der Waals surface area contributed by atoms with E-state index in [1.165, 1.54) is 0 Å². The highest BCUT2D eigenvalue weighted by molar-refractivity contribution is 5.39. The maximum absolute atomic E-state index is 12.7. The summed E-state index contributed by atoms with van der Waals surface area (Å²) in [5.41, 5.74) is 2.80. The molecule has 20 heavy (non-hydrogen) atoms. The molecule has 7 nitrogen and oxygen atoms in total. The van der Waals surface area contributed by atoms with Gasteiger partial charge in [0.2, 0.25) is 0 Å². The van der Waals surface area contributed by atoms with Crippen molar-refractivity contribution in [2.75, 3.05) is 12.3 Å². The molecule has 112 valence electrons. The second-order valence-electron chi connectivity index (χ2n) is 4.34. The number of hydrogen-bond donors (Lipinski definition) is 3. The molecule has 1 aliphatic rings. The molecule has 2 rings (SSSR count). The molecule has 4 N–H and O–H groups in total. The van der Waals surface area contributed by atoms with E-state index in [1.807, 2.05) is 0 Å². The van der Waals surface area contributed by atoms with Crippen molar-refractivity contribution in [1.29, 1.82) is 0 Å². The monoisotopic (exact) mass is 295 g/mol. The van der Waals surface area contributed by atoms with Gasteiger partial charge in [0.25, 0.3) is 0 Å². The van der Waals surface area contributed by atoms with Gasteiger partial charge in [-0.2, -0.15) is 18.2 Å². The van der Waals surface area contributed by atoms with Crippen molar-refractivity contribution in [3.63, 3.8) is 0 Å². The number of nitrogens with zero attached hydrogens (tertiary/aromatic N) is 2. The lowest BCUT2D eigenvalue weighted by Crippen LogP contribution is -2.30. The zero-order valence-corrected chi connectivity index (χ0v) is 10.0.